The van der Waals surface area contributed by atoms with Crippen molar-refractivity contribution >= 4 is 5.82 Å². The van der Waals surface area contributed by atoms with Crippen LogP contribution in [-0.2, 0) is 17.7 Å². The van der Waals surface area contributed by atoms with Crippen molar-refractivity contribution in [2.45, 2.75) is 39.0 Å². The summed E-state index contributed by atoms with van der Waals surface area (Å²) in [5.74, 6) is 1.10. The Kier molecular flexibility index (Phi) is 4.68. The Morgan fingerprint density at radius 2 is 2.00 bits per heavy atom. The molecule has 25 heavy (non-hydrogen) atoms. The molecule has 0 aliphatic carbocycles. The standard InChI is InChI=1S/C20H26N4O/c1-3-23-10-9-18-17(12-23)20(22-14-21-18)24-11-15(2)25-19(13-24)16-7-5-4-6-8-16/h4-8,14-15,19H,3,9-13H2,1-2H3/t15-,19+/m0/s1. The molecule has 2 aliphatic heterocycles. The van der Waals surface area contributed by atoms with E-state index in [4.69, 9.17) is 4.74 Å². The molecule has 5 nitrogen and oxygen atoms in total. The molecule has 0 radical (unpaired) electrons. The van der Waals surface area contributed by atoms with Gasteiger partial charge in [-0.1, -0.05) is 37.3 Å². The lowest BCUT2D eigenvalue weighted by molar-refractivity contribution is -0.0177. The lowest BCUT2D eigenvalue weighted by Crippen LogP contribution is -2.44. The molecule has 1 aromatic carbocycles. The lowest BCUT2D eigenvalue weighted by atomic mass is 10.0. The van der Waals surface area contributed by atoms with E-state index in [-0.39, 0.29) is 12.2 Å². The van der Waals surface area contributed by atoms with Crippen molar-refractivity contribution in [3.63, 3.8) is 0 Å². The number of nitrogens with zero attached hydrogens (tertiary/aromatic N) is 4. The van der Waals surface area contributed by atoms with Crippen LogP contribution in [0, 0.1) is 0 Å². The van der Waals surface area contributed by atoms with Crippen molar-refractivity contribution in [1.82, 2.24) is 14.9 Å². The number of benzene rings is 1. The van der Waals surface area contributed by atoms with Gasteiger partial charge in [0.05, 0.1) is 11.8 Å². The fourth-order valence-electron chi connectivity index (χ4n) is 3.90. The van der Waals surface area contributed by atoms with E-state index in [0.29, 0.717) is 0 Å². The summed E-state index contributed by atoms with van der Waals surface area (Å²) in [4.78, 5) is 14.1. The number of aromatic nitrogens is 2. The van der Waals surface area contributed by atoms with E-state index in [1.807, 2.05) is 6.07 Å². The molecule has 1 aromatic heterocycles. The van der Waals surface area contributed by atoms with Crippen molar-refractivity contribution in [2.24, 2.45) is 0 Å². The van der Waals surface area contributed by atoms with Gasteiger partial charge in [0.25, 0.3) is 0 Å². The van der Waals surface area contributed by atoms with E-state index in [2.05, 4.69) is 57.9 Å². The molecule has 0 amide bonds. The van der Waals surface area contributed by atoms with Crippen LogP contribution in [0.4, 0.5) is 5.82 Å². The number of fused-ring (bicyclic) bond motifs is 1. The van der Waals surface area contributed by atoms with Gasteiger partial charge in [-0.3, -0.25) is 4.90 Å². The van der Waals surface area contributed by atoms with E-state index in [1.165, 1.54) is 16.8 Å². The molecule has 4 rings (SSSR count). The normalized spacial score (nSPS) is 24.2. The van der Waals surface area contributed by atoms with Crippen LogP contribution >= 0.6 is 0 Å². The molecule has 2 aromatic rings. The molecule has 0 N–H and O–H groups in total. The van der Waals surface area contributed by atoms with Gasteiger partial charge in [-0.25, -0.2) is 9.97 Å². The maximum atomic E-state index is 6.21. The summed E-state index contributed by atoms with van der Waals surface area (Å²) in [6.45, 7) is 9.18. The average molecular weight is 338 g/mol. The number of likely N-dealkylation sites (N-methyl/N-ethyl adjacent to an activating group) is 1. The minimum atomic E-state index is 0.0847. The van der Waals surface area contributed by atoms with E-state index < -0.39 is 0 Å². The Balaban J connectivity index is 1.63. The smallest absolute Gasteiger partial charge is 0.136 e. The van der Waals surface area contributed by atoms with Gasteiger partial charge in [0.1, 0.15) is 18.2 Å². The SMILES string of the molecule is CCN1CCc2ncnc(N3C[C@H](C)O[C@@H](c4ccccc4)C3)c2C1. The molecule has 1 saturated heterocycles. The minimum absolute atomic E-state index is 0.0847. The van der Waals surface area contributed by atoms with Crippen LogP contribution in [0.15, 0.2) is 36.7 Å². The third kappa shape index (κ3) is 3.39. The summed E-state index contributed by atoms with van der Waals surface area (Å²) in [5, 5.41) is 0. The second-order valence-corrected chi connectivity index (χ2v) is 6.99. The van der Waals surface area contributed by atoms with Crippen LogP contribution < -0.4 is 4.90 Å². The zero-order chi connectivity index (χ0) is 17.2. The van der Waals surface area contributed by atoms with Crippen LogP contribution in [0.2, 0.25) is 0 Å². The molecule has 2 atom stereocenters. The first-order chi connectivity index (χ1) is 12.2. The van der Waals surface area contributed by atoms with Crippen molar-refractivity contribution in [3.8, 4) is 0 Å². The van der Waals surface area contributed by atoms with E-state index in [9.17, 15) is 0 Å². The van der Waals surface area contributed by atoms with Crippen LogP contribution in [0.3, 0.4) is 0 Å². The largest absolute Gasteiger partial charge is 0.367 e. The number of morpholine rings is 1. The first-order valence-electron chi connectivity index (χ1n) is 9.25. The summed E-state index contributed by atoms with van der Waals surface area (Å²) in [6, 6.07) is 10.5. The highest BCUT2D eigenvalue weighted by molar-refractivity contribution is 5.50. The Labute approximate surface area is 149 Å². The molecule has 132 valence electrons. The first-order valence-corrected chi connectivity index (χ1v) is 9.25. The Morgan fingerprint density at radius 1 is 1.16 bits per heavy atom. The number of hydrogen-bond donors (Lipinski definition) is 0. The monoisotopic (exact) mass is 338 g/mol. The molecule has 0 bridgehead atoms. The van der Waals surface area contributed by atoms with Gasteiger partial charge in [-0.2, -0.15) is 0 Å². The Morgan fingerprint density at radius 3 is 2.80 bits per heavy atom. The lowest BCUT2D eigenvalue weighted by Gasteiger charge is -2.39. The second kappa shape index (κ2) is 7.10. The summed E-state index contributed by atoms with van der Waals surface area (Å²) < 4.78 is 6.21. The van der Waals surface area contributed by atoms with Gasteiger partial charge in [0, 0.05) is 38.2 Å². The van der Waals surface area contributed by atoms with Gasteiger partial charge < -0.3 is 9.64 Å². The minimum Gasteiger partial charge on any atom is -0.367 e. The molecule has 0 saturated carbocycles. The van der Waals surface area contributed by atoms with E-state index in [1.54, 1.807) is 6.33 Å². The van der Waals surface area contributed by atoms with Crippen molar-refractivity contribution in [1.29, 1.82) is 0 Å². The summed E-state index contributed by atoms with van der Waals surface area (Å²) in [5.41, 5.74) is 3.75. The number of anilines is 1. The van der Waals surface area contributed by atoms with Crippen molar-refractivity contribution in [2.75, 3.05) is 31.1 Å². The zero-order valence-corrected chi connectivity index (χ0v) is 15.1. The molecule has 2 aliphatic rings. The quantitative estimate of drug-likeness (QED) is 0.861. The predicted octanol–water partition coefficient (Wildman–Crippen LogP) is 2.82. The molecular weight excluding hydrogens is 312 g/mol. The predicted molar refractivity (Wildman–Crippen MR) is 98.6 cm³/mol. The molecule has 5 heteroatoms. The summed E-state index contributed by atoms with van der Waals surface area (Å²) in [7, 11) is 0. The van der Waals surface area contributed by atoms with Gasteiger partial charge in [0.15, 0.2) is 0 Å². The van der Waals surface area contributed by atoms with Gasteiger partial charge in [-0.15, -0.1) is 0 Å². The first kappa shape index (κ1) is 16.5. The van der Waals surface area contributed by atoms with Crippen LogP contribution in [0.5, 0.6) is 0 Å². The molecule has 1 fully saturated rings. The van der Waals surface area contributed by atoms with Gasteiger partial charge >= 0.3 is 0 Å². The van der Waals surface area contributed by atoms with E-state index in [0.717, 1.165) is 45.0 Å². The summed E-state index contributed by atoms with van der Waals surface area (Å²) >= 11 is 0. The zero-order valence-electron chi connectivity index (χ0n) is 15.1. The number of hydrogen-bond acceptors (Lipinski definition) is 5. The number of ether oxygens (including phenoxy) is 1. The fraction of sp³-hybridized carbons (Fsp3) is 0.500. The van der Waals surface area contributed by atoms with Crippen molar-refractivity contribution in [3.05, 3.63) is 53.5 Å². The highest BCUT2D eigenvalue weighted by atomic mass is 16.5. The Bertz CT molecular complexity index is 721. The third-order valence-corrected chi connectivity index (χ3v) is 5.24. The van der Waals surface area contributed by atoms with Gasteiger partial charge in [0.2, 0.25) is 0 Å². The van der Waals surface area contributed by atoms with Crippen LogP contribution in [-0.4, -0.2) is 47.2 Å². The maximum Gasteiger partial charge on any atom is 0.136 e. The third-order valence-electron chi connectivity index (χ3n) is 5.24. The topological polar surface area (TPSA) is 41.5 Å². The summed E-state index contributed by atoms with van der Waals surface area (Å²) in [6.07, 6.45) is 3.01. The maximum absolute atomic E-state index is 6.21. The fourth-order valence-corrected chi connectivity index (χ4v) is 3.90. The second-order valence-electron chi connectivity index (χ2n) is 6.99. The molecule has 0 unspecified atom stereocenters. The molecule has 0 spiro atoms. The van der Waals surface area contributed by atoms with Crippen LogP contribution in [0.25, 0.3) is 0 Å². The average Bonchev–Trinajstić information content (AvgIpc) is 2.67. The van der Waals surface area contributed by atoms with Gasteiger partial charge in [-0.05, 0) is 19.0 Å². The molecule has 3 heterocycles. The highest BCUT2D eigenvalue weighted by Gasteiger charge is 2.30. The molecular formula is C20H26N4O. The number of rotatable bonds is 3. The van der Waals surface area contributed by atoms with E-state index >= 15 is 0 Å². The Hall–Kier alpha value is -1.98. The van der Waals surface area contributed by atoms with Crippen molar-refractivity contribution < 1.29 is 4.74 Å². The van der Waals surface area contributed by atoms with Crippen LogP contribution in [0.1, 0.15) is 36.8 Å². The highest BCUT2D eigenvalue weighted by Crippen LogP contribution is 2.31.